The van der Waals surface area contributed by atoms with Gasteiger partial charge < -0.3 is 10.2 Å². The molecular formula is C14H18ClN5OS. The average Bonchev–Trinajstić information content (AvgIpc) is 3.17. The Labute approximate surface area is 137 Å². The Morgan fingerprint density at radius 3 is 2.91 bits per heavy atom. The Morgan fingerprint density at radius 1 is 1.55 bits per heavy atom. The van der Waals surface area contributed by atoms with Crippen LogP contribution in [-0.4, -0.2) is 39.2 Å². The number of likely N-dealkylation sites (tertiary alicyclic amines) is 1. The first kappa shape index (κ1) is 15.3. The van der Waals surface area contributed by atoms with Crippen molar-refractivity contribution in [3.63, 3.8) is 0 Å². The van der Waals surface area contributed by atoms with Crippen molar-refractivity contribution >= 4 is 34.7 Å². The molecular weight excluding hydrogens is 322 g/mol. The van der Waals surface area contributed by atoms with Gasteiger partial charge in [0.15, 0.2) is 5.82 Å². The molecule has 0 aliphatic carbocycles. The summed E-state index contributed by atoms with van der Waals surface area (Å²) in [6.07, 6.45) is 2.62. The molecule has 0 unspecified atom stereocenters. The SMILES string of the molecule is CCc1nc(C2CCN(C(=O)Nc3ccsc3Cl)CC2)n[nH]1. The van der Waals surface area contributed by atoms with E-state index < -0.39 is 0 Å². The fourth-order valence-corrected chi connectivity index (χ4v) is 3.40. The lowest BCUT2D eigenvalue weighted by Crippen LogP contribution is -2.40. The van der Waals surface area contributed by atoms with Gasteiger partial charge in [-0.1, -0.05) is 18.5 Å². The zero-order valence-electron chi connectivity index (χ0n) is 12.3. The number of hydrogen-bond donors (Lipinski definition) is 2. The van der Waals surface area contributed by atoms with E-state index in [4.69, 9.17) is 11.6 Å². The zero-order chi connectivity index (χ0) is 15.5. The van der Waals surface area contributed by atoms with E-state index in [0.29, 0.717) is 29.0 Å². The highest BCUT2D eigenvalue weighted by Crippen LogP contribution is 2.29. The van der Waals surface area contributed by atoms with Crippen molar-refractivity contribution in [2.75, 3.05) is 18.4 Å². The summed E-state index contributed by atoms with van der Waals surface area (Å²) in [5.74, 6) is 2.12. The number of amides is 2. The van der Waals surface area contributed by atoms with Gasteiger partial charge in [0, 0.05) is 25.4 Å². The highest BCUT2D eigenvalue weighted by atomic mass is 35.5. The number of piperidine rings is 1. The summed E-state index contributed by atoms with van der Waals surface area (Å²) in [4.78, 5) is 18.5. The maximum absolute atomic E-state index is 12.2. The number of rotatable bonds is 3. The maximum Gasteiger partial charge on any atom is 0.321 e. The number of halogens is 1. The zero-order valence-corrected chi connectivity index (χ0v) is 13.9. The Balaban J connectivity index is 1.55. The van der Waals surface area contributed by atoms with E-state index in [9.17, 15) is 4.79 Å². The number of urea groups is 1. The van der Waals surface area contributed by atoms with Gasteiger partial charge in [0.2, 0.25) is 0 Å². The molecule has 118 valence electrons. The van der Waals surface area contributed by atoms with E-state index in [1.807, 2.05) is 23.3 Å². The molecule has 1 aliphatic heterocycles. The fourth-order valence-electron chi connectivity index (χ4n) is 2.57. The van der Waals surface area contributed by atoms with Crippen molar-refractivity contribution in [2.45, 2.75) is 32.1 Å². The van der Waals surface area contributed by atoms with Gasteiger partial charge in [-0.05, 0) is 24.3 Å². The molecule has 0 spiro atoms. The fraction of sp³-hybridized carbons (Fsp3) is 0.500. The molecule has 1 fully saturated rings. The average molecular weight is 340 g/mol. The van der Waals surface area contributed by atoms with Crippen LogP contribution in [0.1, 0.15) is 37.3 Å². The number of H-pyrrole nitrogens is 1. The summed E-state index contributed by atoms with van der Waals surface area (Å²) in [7, 11) is 0. The minimum atomic E-state index is -0.0945. The van der Waals surface area contributed by atoms with Crippen LogP contribution in [0.5, 0.6) is 0 Å². The second-order valence-corrected chi connectivity index (χ2v) is 6.81. The second kappa shape index (κ2) is 6.66. The van der Waals surface area contributed by atoms with Crippen LogP contribution in [0.25, 0.3) is 0 Å². The van der Waals surface area contributed by atoms with Gasteiger partial charge in [-0.3, -0.25) is 5.10 Å². The highest BCUT2D eigenvalue weighted by Gasteiger charge is 2.26. The smallest absolute Gasteiger partial charge is 0.321 e. The monoisotopic (exact) mass is 339 g/mol. The first-order chi connectivity index (χ1) is 10.7. The standard InChI is InChI=1S/C14H18ClN5OS/c1-2-11-17-13(19-18-11)9-3-6-20(7-4-9)14(21)16-10-5-8-22-12(10)15/h5,8-9H,2-4,6-7H2,1H3,(H,16,21)(H,17,18,19). The predicted octanol–water partition coefficient (Wildman–Crippen LogP) is 3.49. The topological polar surface area (TPSA) is 73.9 Å². The van der Waals surface area contributed by atoms with Gasteiger partial charge in [-0.15, -0.1) is 11.3 Å². The molecule has 8 heteroatoms. The van der Waals surface area contributed by atoms with Crippen molar-refractivity contribution in [3.05, 3.63) is 27.4 Å². The van der Waals surface area contributed by atoms with Crippen LogP contribution in [-0.2, 0) is 6.42 Å². The lowest BCUT2D eigenvalue weighted by molar-refractivity contribution is 0.193. The van der Waals surface area contributed by atoms with Gasteiger partial charge in [0.1, 0.15) is 10.2 Å². The van der Waals surface area contributed by atoms with Gasteiger partial charge >= 0.3 is 6.03 Å². The molecule has 0 bridgehead atoms. The number of nitrogens with zero attached hydrogens (tertiary/aromatic N) is 3. The number of aryl methyl sites for hydroxylation is 1. The lowest BCUT2D eigenvalue weighted by atomic mass is 9.96. The van der Waals surface area contributed by atoms with Crippen molar-refractivity contribution in [3.8, 4) is 0 Å². The van der Waals surface area contributed by atoms with Crippen LogP contribution in [0.4, 0.5) is 10.5 Å². The Bertz CT molecular complexity index is 647. The van der Waals surface area contributed by atoms with Gasteiger partial charge in [0.05, 0.1) is 5.69 Å². The summed E-state index contributed by atoms with van der Waals surface area (Å²) < 4.78 is 0.607. The minimum absolute atomic E-state index is 0.0945. The maximum atomic E-state index is 12.2. The molecule has 0 saturated carbocycles. The quantitative estimate of drug-likeness (QED) is 0.898. The molecule has 2 aromatic rings. The van der Waals surface area contributed by atoms with Crippen LogP contribution in [0, 0.1) is 0 Å². The predicted molar refractivity (Wildman–Crippen MR) is 87.7 cm³/mol. The van der Waals surface area contributed by atoms with Crippen LogP contribution in [0.15, 0.2) is 11.4 Å². The van der Waals surface area contributed by atoms with Gasteiger partial charge in [0.25, 0.3) is 0 Å². The third-order valence-corrected chi connectivity index (χ3v) is 5.06. The second-order valence-electron chi connectivity index (χ2n) is 5.29. The van der Waals surface area contributed by atoms with E-state index in [0.717, 1.165) is 30.9 Å². The number of carbonyl (C=O) groups excluding carboxylic acids is 1. The molecule has 22 heavy (non-hydrogen) atoms. The number of hydrogen-bond acceptors (Lipinski definition) is 4. The molecule has 0 aromatic carbocycles. The summed E-state index contributed by atoms with van der Waals surface area (Å²) in [5.41, 5.74) is 0.681. The largest absolute Gasteiger partial charge is 0.324 e. The molecule has 2 aromatic heterocycles. The molecule has 2 amide bonds. The Morgan fingerprint density at radius 2 is 2.32 bits per heavy atom. The molecule has 6 nitrogen and oxygen atoms in total. The van der Waals surface area contributed by atoms with Gasteiger partial charge in [-0.25, -0.2) is 9.78 Å². The van der Waals surface area contributed by atoms with Crippen LogP contribution in [0.2, 0.25) is 4.34 Å². The van der Waals surface area contributed by atoms with Crippen molar-refractivity contribution < 1.29 is 4.79 Å². The summed E-state index contributed by atoms with van der Waals surface area (Å²) >= 11 is 7.41. The van der Waals surface area contributed by atoms with Crippen LogP contribution >= 0.6 is 22.9 Å². The van der Waals surface area contributed by atoms with Crippen molar-refractivity contribution in [1.29, 1.82) is 0 Å². The first-order valence-electron chi connectivity index (χ1n) is 7.37. The number of anilines is 1. The Kier molecular flexibility index (Phi) is 4.63. The van der Waals surface area contributed by atoms with E-state index in [1.54, 1.807) is 0 Å². The summed E-state index contributed by atoms with van der Waals surface area (Å²) in [6.45, 7) is 3.45. The Hall–Kier alpha value is -1.60. The molecule has 2 N–H and O–H groups in total. The number of thiophene rings is 1. The number of carbonyl (C=O) groups is 1. The molecule has 3 heterocycles. The van der Waals surface area contributed by atoms with Crippen LogP contribution in [0.3, 0.4) is 0 Å². The molecule has 0 atom stereocenters. The van der Waals surface area contributed by atoms with Crippen molar-refractivity contribution in [1.82, 2.24) is 20.1 Å². The third kappa shape index (κ3) is 3.25. The molecule has 1 aliphatic rings. The molecule has 0 radical (unpaired) electrons. The lowest BCUT2D eigenvalue weighted by Gasteiger charge is -2.30. The molecule has 1 saturated heterocycles. The summed E-state index contributed by atoms with van der Waals surface area (Å²) in [5, 5.41) is 12.0. The normalized spacial score (nSPS) is 16.0. The highest BCUT2D eigenvalue weighted by molar-refractivity contribution is 7.15. The van der Waals surface area contributed by atoms with E-state index in [2.05, 4.69) is 20.5 Å². The third-order valence-electron chi connectivity index (χ3n) is 3.89. The number of aromatic nitrogens is 3. The summed E-state index contributed by atoms with van der Waals surface area (Å²) in [6, 6.07) is 1.72. The minimum Gasteiger partial charge on any atom is -0.324 e. The molecule has 3 rings (SSSR count). The number of nitrogens with one attached hydrogen (secondary N) is 2. The van der Waals surface area contributed by atoms with Crippen LogP contribution < -0.4 is 5.32 Å². The van der Waals surface area contributed by atoms with E-state index in [-0.39, 0.29) is 6.03 Å². The van der Waals surface area contributed by atoms with Gasteiger partial charge in [-0.2, -0.15) is 5.10 Å². The van der Waals surface area contributed by atoms with Crippen molar-refractivity contribution in [2.24, 2.45) is 0 Å². The first-order valence-corrected chi connectivity index (χ1v) is 8.63. The number of aromatic amines is 1. The van der Waals surface area contributed by atoms with E-state index >= 15 is 0 Å². The van der Waals surface area contributed by atoms with E-state index in [1.165, 1.54) is 11.3 Å².